The highest BCUT2D eigenvalue weighted by atomic mass is 16.4. The van der Waals surface area contributed by atoms with E-state index in [0.717, 1.165) is 19.2 Å². The van der Waals surface area contributed by atoms with Crippen LogP contribution in [0.1, 0.15) is 19.1 Å². The maximum absolute atomic E-state index is 11.3. The van der Waals surface area contributed by atoms with Gasteiger partial charge in [-0.2, -0.15) is 0 Å². The van der Waals surface area contributed by atoms with Gasteiger partial charge in [0.15, 0.2) is 5.75 Å². The standard InChI is InChI=1S/C12H18N2O3/c1-8-2-9(4-13)5-14(8)6-10-3-11(15)12(16)7-17-10/h3,7-9,16H,2,4-6,13H2,1H3. The summed E-state index contributed by atoms with van der Waals surface area (Å²) in [5, 5.41) is 9.10. The minimum atomic E-state index is -0.395. The Kier molecular flexibility index (Phi) is 3.49. The Labute approximate surface area is 99.8 Å². The average Bonchev–Trinajstić information content (AvgIpc) is 2.65. The molecular formula is C12H18N2O3. The minimum Gasteiger partial charge on any atom is -0.502 e. The summed E-state index contributed by atoms with van der Waals surface area (Å²) < 4.78 is 5.20. The van der Waals surface area contributed by atoms with Gasteiger partial charge in [-0.15, -0.1) is 0 Å². The monoisotopic (exact) mass is 238 g/mol. The number of nitrogens with zero attached hydrogens (tertiary/aromatic N) is 1. The van der Waals surface area contributed by atoms with Crippen LogP contribution in [0.4, 0.5) is 0 Å². The predicted octanol–water partition coefficient (Wildman–Crippen LogP) is 0.514. The van der Waals surface area contributed by atoms with Crippen molar-refractivity contribution in [2.75, 3.05) is 13.1 Å². The third-order valence-electron chi connectivity index (χ3n) is 3.35. The van der Waals surface area contributed by atoms with E-state index in [1.165, 1.54) is 6.07 Å². The van der Waals surface area contributed by atoms with E-state index in [2.05, 4.69) is 11.8 Å². The maximum atomic E-state index is 11.3. The molecule has 1 aromatic heterocycles. The van der Waals surface area contributed by atoms with Crippen LogP contribution < -0.4 is 11.2 Å². The summed E-state index contributed by atoms with van der Waals surface area (Å²) in [6, 6.07) is 1.79. The molecule has 2 rings (SSSR count). The number of likely N-dealkylation sites (tertiary alicyclic amines) is 1. The lowest BCUT2D eigenvalue weighted by atomic mass is 10.1. The van der Waals surface area contributed by atoms with Crippen molar-refractivity contribution in [3.8, 4) is 5.75 Å². The van der Waals surface area contributed by atoms with E-state index in [4.69, 9.17) is 15.3 Å². The van der Waals surface area contributed by atoms with E-state index >= 15 is 0 Å². The second-order valence-corrected chi connectivity index (χ2v) is 4.71. The van der Waals surface area contributed by atoms with Crippen LogP contribution in [0.3, 0.4) is 0 Å². The predicted molar refractivity (Wildman–Crippen MR) is 63.7 cm³/mol. The fraction of sp³-hybridized carbons (Fsp3) is 0.583. The second-order valence-electron chi connectivity index (χ2n) is 4.71. The van der Waals surface area contributed by atoms with Gasteiger partial charge < -0.3 is 15.3 Å². The Morgan fingerprint density at radius 3 is 3.00 bits per heavy atom. The van der Waals surface area contributed by atoms with Crippen LogP contribution in [0.2, 0.25) is 0 Å². The zero-order chi connectivity index (χ0) is 12.4. The van der Waals surface area contributed by atoms with Crippen molar-refractivity contribution in [3.05, 3.63) is 28.3 Å². The second kappa shape index (κ2) is 4.89. The lowest BCUT2D eigenvalue weighted by Gasteiger charge is -2.19. The van der Waals surface area contributed by atoms with Crippen molar-refractivity contribution in [1.82, 2.24) is 4.90 Å². The van der Waals surface area contributed by atoms with Gasteiger partial charge in [-0.1, -0.05) is 0 Å². The van der Waals surface area contributed by atoms with Gasteiger partial charge in [0, 0.05) is 18.7 Å². The lowest BCUT2D eigenvalue weighted by molar-refractivity contribution is 0.231. The molecule has 0 bridgehead atoms. The van der Waals surface area contributed by atoms with Crippen LogP contribution in [0.25, 0.3) is 0 Å². The highest BCUT2D eigenvalue weighted by Crippen LogP contribution is 2.23. The Morgan fingerprint density at radius 2 is 2.41 bits per heavy atom. The average molecular weight is 238 g/mol. The third kappa shape index (κ3) is 2.68. The normalized spacial score (nSPS) is 25.3. The van der Waals surface area contributed by atoms with E-state index in [1.54, 1.807) is 0 Å². The van der Waals surface area contributed by atoms with E-state index < -0.39 is 5.43 Å². The van der Waals surface area contributed by atoms with Crippen molar-refractivity contribution in [2.45, 2.75) is 25.9 Å². The summed E-state index contributed by atoms with van der Waals surface area (Å²) in [6.45, 7) is 4.37. The molecule has 3 N–H and O–H groups in total. The molecular weight excluding hydrogens is 220 g/mol. The van der Waals surface area contributed by atoms with Gasteiger partial charge in [0.2, 0.25) is 5.43 Å². The first-order valence-corrected chi connectivity index (χ1v) is 5.85. The molecule has 17 heavy (non-hydrogen) atoms. The Morgan fingerprint density at radius 1 is 1.65 bits per heavy atom. The largest absolute Gasteiger partial charge is 0.502 e. The molecule has 5 heteroatoms. The molecule has 2 heterocycles. The fourth-order valence-electron chi connectivity index (χ4n) is 2.34. The maximum Gasteiger partial charge on any atom is 0.226 e. The highest BCUT2D eigenvalue weighted by Gasteiger charge is 2.28. The molecule has 0 aromatic carbocycles. The molecule has 1 saturated heterocycles. The summed E-state index contributed by atoms with van der Waals surface area (Å²) in [5.41, 5.74) is 5.27. The number of hydrogen-bond donors (Lipinski definition) is 2. The van der Waals surface area contributed by atoms with E-state index in [0.29, 0.717) is 30.8 Å². The highest BCUT2D eigenvalue weighted by molar-refractivity contribution is 5.15. The van der Waals surface area contributed by atoms with Gasteiger partial charge >= 0.3 is 0 Å². The number of aromatic hydroxyl groups is 1. The van der Waals surface area contributed by atoms with Crippen molar-refractivity contribution >= 4 is 0 Å². The van der Waals surface area contributed by atoms with Crippen LogP contribution in [0.15, 0.2) is 21.5 Å². The van der Waals surface area contributed by atoms with Gasteiger partial charge in [0.25, 0.3) is 0 Å². The SMILES string of the molecule is CC1CC(CN)CN1Cc1cc(=O)c(O)co1. The zero-order valence-corrected chi connectivity index (χ0v) is 9.93. The summed E-state index contributed by atoms with van der Waals surface area (Å²) >= 11 is 0. The molecule has 5 nitrogen and oxygen atoms in total. The minimum absolute atomic E-state index is 0.344. The van der Waals surface area contributed by atoms with Crippen molar-refractivity contribution < 1.29 is 9.52 Å². The zero-order valence-electron chi connectivity index (χ0n) is 9.93. The molecule has 0 radical (unpaired) electrons. The quantitative estimate of drug-likeness (QED) is 0.802. The molecule has 2 unspecified atom stereocenters. The molecule has 0 saturated carbocycles. The number of hydrogen-bond acceptors (Lipinski definition) is 5. The first-order valence-electron chi connectivity index (χ1n) is 5.85. The molecule has 1 aliphatic rings. The Bertz CT molecular complexity index is 444. The van der Waals surface area contributed by atoms with Crippen LogP contribution in [0, 0.1) is 5.92 Å². The van der Waals surface area contributed by atoms with Gasteiger partial charge in [-0.25, -0.2) is 0 Å². The first-order chi connectivity index (χ1) is 8.10. The summed E-state index contributed by atoms with van der Waals surface area (Å²) in [6.07, 6.45) is 2.18. The van der Waals surface area contributed by atoms with Gasteiger partial charge in [0.05, 0.1) is 6.54 Å². The number of rotatable bonds is 3. The molecule has 0 aliphatic carbocycles. The molecule has 0 amide bonds. The lowest BCUT2D eigenvalue weighted by Crippen LogP contribution is -2.27. The third-order valence-corrected chi connectivity index (χ3v) is 3.35. The summed E-state index contributed by atoms with van der Waals surface area (Å²) in [7, 11) is 0. The van der Waals surface area contributed by atoms with Crippen LogP contribution in [-0.4, -0.2) is 29.1 Å². The van der Waals surface area contributed by atoms with E-state index in [1.807, 2.05) is 0 Å². The Hall–Kier alpha value is -1.33. The van der Waals surface area contributed by atoms with E-state index in [9.17, 15) is 4.79 Å². The Balaban J connectivity index is 2.06. The topological polar surface area (TPSA) is 79.7 Å². The first kappa shape index (κ1) is 12.1. The smallest absolute Gasteiger partial charge is 0.226 e. The van der Waals surface area contributed by atoms with E-state index in [-0.39, 0.29) is 5.75 Å². The van der Waals surface area contributed by atoms with Crippen molar-refractivity contribution in [3.63, 3.8) is 0 Å². The molecule has 94 valence electrons. The van der Waals surface area contributed by atoms with Crippen LogP contribution in [0.5, 0.6) is 5.75 Å². The van der Waals surface area contributed by atoms with Crippen LogP contribution >= 0.6 is 0 Å². The number of nitrogens with two attached hydrogens (primary N) is 1. The van der Waals surface area contributed by atoms with Crippen LogP contribution in [-0.2, 0) is 6.54 Å². The molecule has 1 aliphatic heterocycles. The van der Waals surface area contributed by atoms with Gasteiger partial charge in [0.1, 0.15) is 12.0 Å². The molecule has 0 spiro atoms. The molecule has 2 atom stereocenters. The van der Waals surface area contributed by atoms with Gasteiger partial charge in [-0.05, 0) is 25.8 Å². The van der Waals surface area contributed by atoms with Crippen molar-refractivity contribution in [2.24, 2.45) is 11.7 Å². The summed E-state index contributed by atoms with van der Waals surface area (Å²) in [4.78, 5) is 13.5. The van der Waals surface area contributed by atoms with Crippen molar-refractivity contribution in [1.29, 1.82) is 0 Å². The fourth-order valence-corrected chi connectivity index (χ4v) is 2.34. The summed E-state index contributed by atoms with van der Waals surface area (Å²) in [5.74, 6) is 0.759. The molecule has 1 fully saturated rings. The van der Waals surface area contributed by atoms with Gasteiger partial charge in [-0.3, -0.25) is 9.69 Å². The molecule has 1 aromatic rings.